The molecule has 1 N–H and O–H groups in total. The van der Waals surface area contributed by atoms with Gasteiger partial charge in [0.15, 0.2) is 0 Å². The minimum atomic E-state index is -0.783. The predicted molar refractivity (Wildman–Crippen MR) is 68.0 cm³/mol. The van der Waals surface area contributed by atoms with E-state index in [0.29, 0.717) is 16.0 Å². The molecule has 2 rings (SSSR count). The zero-order chi connectivity index (χ0) is 11.8. The van der Waals surface area contributed by atoms with Crippen molar-refractivity contribution in [3.63, 3.8) is 0 Å². The Hall–Kier alpha value is -0.240. The lowest BCUT2D eigenvalue weighted by Crippen LogP contribution is -2.31. The highest BCUT2D eigenvalue weighted by Gasteiger charge is 2.35. The topological polar surface area (TPSA) is 20.2 Å². The van der Waals surface area contributed by atoms with Crippen molar-refractivity contribution in [3.05, 3.63) is 33.8 Å². The van der Waals surface area contributed by atoms with E-state index in [9.17, 15) is 5.11 Å². The maximum absolute atomic E-state index is 10.6. The Morgan fingerprint density at radius 3 is 2.50 bits per heavy atom. The molecule has 0 radical (unpaired) electrons. The third-order valence-electron chi connectivity index (χ3n) is 3.55. The minimum Gasteiger partial charge on any atom is -0.385 e. The first kappa shape index (κ1) is 12.2. The molecule has 0 amide bonds. The van der Waals surface area contributed by atoms with E-state index in [2.05, 4.69) is 6.92 Å². The molecule has 0 saturated heterocycles. The highest BCUT2D eigenvalue weighted by molar-refractivity contribution is 6.42. The molecule has 0 unspecified atom stereocenters. The van der Waals surface area contributed by atoms with Crippen molar-refractivity contribution >= 4 is 23.2 Å². The summed E-state index contributed by atoms with van der Waals surface area (Å²) in [4.78, 5) is 0. The fourth-order valence-corrected chi connectivity index (χ4v) is 2.85. The van der Waals surface area contributed by atoms with Crippen LogP contribution < -0.4 is 0 Å². The first-order valence-corrected chi connectivity index (χ1v) is 6.45. The third kappa shape index (κ3) is 2.22. The molecule has 0 heterocycles. The smallest absolute Gasteiger partial charge is 0.0911 e. The molecule has 1 saturated carbocycles. The van der Waals surface area contributed by atoms with E-state index in [4.69, 9.17) is 23.2 Å². The molecule has 1 aliphatic carbocycles. The normalized spacial score (nSPS) is 30.4. The molecule has 0 aliphatic heterocycles. The highest BCUT2D eigenvalue weighted by atomic mass is 35.5. The van der Waals surface area contributed by atoms with Crippen LogP contribution in [0.3, 0.4) is 0 Å². The second kappa shape index (κ2) is 4.56. The second-order valence-corrected chi connectivity index (χ2v) is 5.60. The van der Waals surface area contributed by atoms with Crippen LogP contribution in [0.25, 0.3) is 0 Å². The molecule has 88 valence electrons. The summed E-state index contributed by atoms with van der Waals surface area (Å²) in [6.07, 6.45) is 3.63. The van der Waals surface area contributed by atoms with Crippen LogP contribution in [0, 0.1) is 5.92 Å². The van der Waals surface area contributed by atoms with Crippen molar-refractivity contribution in [3.8, 4) is 0 Å². The molecule has 3 heteroatoms. The van der Waals surface area contributed by atoms with Crippen molar-refractivity contribution in [2.75, 3.05) is 0 Å². The summed E-state index contributed by atoms with van der Waals surface area (Å²) in [7, 11) is 0. The lowest BCUT2D eigenvalue weighted by Gasteiger charge is -2.36. The largest absolute Gasteiger partial charge is 0.385 e. The lowest BCUT2D eigenvalue weighted by molar-refractivity contribution is -0.0119. The molecule has 1 aromatic carbocycles. The van der Waals surface area contributed by atoms with Gasteiger partial charge in [-0.3, -0.25) is 0 Å². The van der Waals surface area contributed by atoms with Crippen LogP contribution in [0.15, 0.2) is 18.2 Å². The average Bonchev–Trinajstić information content (AvgIpc) is 2.27. The summed E-state index contributed by atoms with van der Waals surface area (Å²) < 4.78 is 0. The first-order chi connectivity index (χ1) is 7.53. The monoisotopic (exact) mass is 258 g/mol. The standard InChI is InChI=1S/C13H16Cl2O/c1-9-5-7-13(16,8-6-9)10-3-2-4-11(14)12(10)15/h2-4,9,16H,5-8H2,1H3. The molecule has 0 bridgehead atoms. The van der Waals surface area contributed by atoms with Gasteiger partial charge in [-0.05, 0) is 37.7 Å². The van der Waals surface area contributed by atoms with Crippen LogP contribution in [-0.2, 0) is 5.60 Å². The summed E-state index contributed by atoms with van der Waals surface area (Å²) in [5, 5.41) is 11.6. The van der Waals surface area contributed by atoms with Gasteiger partial charge in [0.25, 0.3) is 0 Å². The number of hydrogen-bond acceptors (Lipinski definition) is 1. The van der Waals surface area contributed by atoms with Crippen molar-refractivity contribution in [1.82, 2.24) is 0 Å². The Balaban J connectivity index is 2.32. The van der Waals surface area contributed by atoms with Crippen LogP contribution in [-0.4, -0.2) is 5.11 Å². The zero-order valence-electron chi connectivity index (χ0n) is 9.34. The van der Waals surface area contributed by atoms with Crippen molar-refractivity contribution < 1.29 is 5.11 Å². The van der Waals surface area contributed by atoms with Gasteiger partial charge in [-0.15, -0.1) is 0 Å². The Labute approximate surface area is 106 Å². The maximum Gasteiger partial charge on any atom is 0.0911 e. The Kier molecular flexibility index (Phi) is 3.48. The Morgan fingerprint density at radius 1 is 1.25 bits per heavy atom. The molecule has 1 aromatic rings. The number of halogens is 2. The quantitative estimate of drug-likeness (QED) is 0.792. The van der Waals surface area contributed by atoms with Crippen LogP contribution in [0.4, 0.5) is 0 Å². The number of benzene rings is 1. The first-order valence-electron chi connectivity index (χ1n) is 5.70. The number of aliphatic hydroxyl groups is 1. The molecular weight excluding hydrogens is 243 g/mol. The van der Waals surface area contributed by atoms with E-state index in [1.165, 1.54) is 0 Å². The van der Waals surface area contributed by atoms with Crippen LogP contribution in [0.2, 0.25) is 10.0 Å². The molecule has 0 aromatic heterocycles. The van der Waals surface area contributed by atoms with Crippen molar-refractivity contribution in [2.24, 2.45) is 5.92 Å². The minimum absolute atomic E-state index is 0.501. The number of hydrogen-bond donors (Lipinski definition) is 1. The van der Waals surface area contributed by atoms with Gasteiger partial charge < -0.3 is 5.11 Å². The van der Waals surface area contributed by atoms with Crippen molar-refractivity contribution in [1.29, 1.82) is 0 Å². The second-order valence-electron chi connectivity index (χ2n) is 4.82. The third-order valence-corrected chi connectivity index (χ3v) is 4.37. The predicted octanol–water partition coefficient (Wildman–Crippen LogP) is 4.39. The fraction of sp³-hybridized carbons (Fsp3) is 0.538. The Morgan fingerprint density at radius 2 is 1.88 bits per heavy atom. The van der Waals surface area contributed by atoms with E-state index in [1.807, 2.05) is 12.1 Å². The maximum atomic E-state index is 10.6. The summed E-state index contributed by atoms with van der Waals surface area (Å²) in [5.74, 6) is 0.693. The van der Waals surface area contributed by atoms with Gasteiger partial charge in [0.2, 0.25) is 0 Å². The number of rotatable bonds is 1. The zero-order valence-corrected chi connectivity index (χ0v) is 10.9. The molecule has 16 heavy (non-hydrogen) atoms. The van der Waals surface area contributed by atoms with Gasteiger partial charge >= 0.3 is 0 Å². The summed E-state index contributed by atoms with van der Waals surface area (Å²) >= 11 is 12.1. The van der Waals surface area contributed by atoms with Crippen LogP contribution >= 0.6 is 23.2 Å². The van der Waals surface area contributed by atoms with Crippen LogP contribution in [0.1, 0.15) is 38.2 Å². The molecular formula is C13H16Cl2O. The summed E-state index contributed by atoms with van der Waals surface area (Å²) in [6, 6.07) is 5.48. The van der Waals surface area contributed by atoms with E-state index < -0.39 is 5.60 Å². The Bertz CT molecular complexity index is 382. The SMILES string of the molecule is CC1CCC(O)(c2cccc(Cl)c2Cl)CC1. The van der Waals surface area contributed by atoms with Gasteiger partial charge in [-0.25, -0.2) is 0 Å². The van der Waals surface area contributed by atoms with Crippen molar-refractivity contribution in [2.45, 2.75) is 38.2 Å². The molecule has 0 atom stereocenters. The molecule has 0 spiro atoms. The van der Waals surface area contributed by atoms with Gasteiger partial charge in [-0.2, -0.15) is 0 Å². The van der Waals surface area contributed by atoms with E-state index in [1.54, 1.807) is 6.07 Å². The molecule has 1 fully saturated rings. The van der Waals surface area contributed by atoms with E-state index >= 15 is 0 Å². The van der Waals surface area contributed by atoms with Gasteiger partial charge in [0.1, 0.15) is 0 Å². The fourth-order valence-electron chi connectivity index (χ4n) is 2.37. The van der Waals surface area contributed by atoms with E-state index in [-0.39, 0.29) is 0 Å². The van der Waals surface area contributed by atoms with Crippen LogP contribution in [0.5, 0.6) is 0 Å². The average molecular weight is 259 g/mol. The highest BCUT2D eigenvalue weighted by Crippen LogP contribution is 2.43. The van der Waals surface area contributed by atoms with Gasteiger partial charge in [0.05, 0.1) is 15.6 Å². The lowest BCUT2D eigenvalue weighted by atomic mass is 9.76. The van der Waals surface area contributed by atoms with Gasteiger partial charge in [-0.1, -0.05) is 42.3 Å². The molecule has 1 nitrogen and oxygen atoms in total. The van der Waals surface area contributed by atoms with E-state index in [0.717, 1.165) is 31.2 Å². The van der Waals surface area contributed by atoms with Gasteiger partial charge in [0, 0.05) is 5.56 Å². The molecule has 1 aliphatic rings. The summed E-state index contributed by atoms with van der Waals surface area (Å²) in [6.45, 7) is 2.22. The summed E-state index contributed by atoms with van der Waals surface area (Å²) in [5.41, 5.74) is 0.00247.